The van der Waals surface area contributed by atoms with Crippen molar-refractivity contribution < 1.29 is 13.9 Å². The van der Waals surface area contributed by atoms with E-state index < -0.39 is 0 Å². The van der Waals surface area contributed by atoms with Gasteiger partial charge < -0.3 is 14.5 Å². The van der Waals surface area contributed by atoms with Crippen LogP contribution in [0.15, 0.2) is 52.2 Å². The van der Waals surface area contributed by atoms with E-state index in [1.54, 1.807) is 18.0 Å². The number of aromatic nitrogens is 3. The van der Waals surface area contributed by atoms with Crippen LogP contribution in [0.25, 0.3) is 17.3 Å². The number of amides is 1. The van der Waals surface area contributed by atoms with Crippen molar-refractivity contribution in [3.8, 4) is 17.3 Å². The quantitative estimate of drug-likeness (QED) is 0.371. The summed E-state index contributed by atoms with van der Waals surface area (Å²) in [6.07, 6.45) is 2.90. The number of hydrogen-bond acceptors (Lipinski definition) is 7. The van der Waals surface area contributed by atoms with Gasteiger partial charge in [0.2, 0.25) is 11.7 Å². The molecule has 4 rings (SSSR count). The predicted molar refractivity (Wildman–Crippen MR) is 124 cm³/mol. The fourth-order valence-electron chi connectivity index (χ4n) is 3.62. The van der Waals surface area contributed by atoms with Crippen LogP contribution in [0.1, 0.15) is 18.4 Å². The fourth-order valence-corrected chi connectivity index (χ4v) is 4.51. The average Bonchev–Trinajstić information content (AvgIpc) is 3.48. The summed E-state index contributed by atoms with van der Waals surface area (Å²) < 4.78 is 13.0. The van der Waals surface area contributed by atoms with Crippen LogP contribution < -0.4 is 5.32 Å². The Morgan fingerprint density at radius 1 is 1.16 bits per heavy atom. The summed E-state index contributed by atoms with van der Waals surface area (Å²) in [5.74, 6) is 2.22. The largest absolute Gasteiger partial charge is 0.461 e. The molecule has 1 N–H and O–H groups in total. The first-order valence-corrected chi connectivity index (χ1v) is 12.0. The number of nitrogens with zero attached hydrogens (tertiary/aromatic N) is 4. The van der Waals surface area contributed by atoms with Gasteiger partial charge in [0, 0.05) is 38.4 Å². The number of ether oxygens (including phenoxy) is 1. The number of carbonyl (C=O) groups excluding carboxylic acids is 1. The lowest BCUT2D eigenvalue weighted by atomic mass is 10.2. The highest BCUT2D eigenvalue weighted by atomic mass is 32.2. The van der Waals surface area contributed by atoms with E-state index in [0.29, 0.717) is 24.6 Å². The summed E-state index contributed by atoms with van der Waals surface area (Å²) in [7, 11) is 0. The monoisotopic (exact) mass is 455 g/mol. The standard InChI is InChI=1S/C23H29N5O3S/c1-18-6-2-3-7-19(18)28-22(20-8-4-14-31-20)25-26-23(28)32-17-5-9-21(29)24-10-11-27-12-15-30-16-13-27/h2-4,6-8,14H,5,9-13,15-17H2,1H3,(H,24,29). The Balaban J connectivity index is 1.31. The molecule has 0 bridgehead atoms. The topological polar surface area (TPSA) is 85.4 Å². The number of carbonyl (C=O) groups is 1. The van der Waals surface area contributed by atoms with Crippen molar-refractivity contribution >= 4 is 17.7 Å². The van der Waals surface area contributed by atoms with Gasteiger partial charge in [-0.3, -0.25) is 14.3 Å². The number of para-hydroxylation sites is 1. The number of rotatable bonds is 10. The van der Waals surface area contributed by atoms with Crippen molar-refractivity contribution in [2.75, 3.05) is 45.1 Å². The second kappa shape index (κ2) is 11.3. The molecule has 32 heavy (non-hydrogen) atoms. The summed E-state index contributed by atoms with van der Waals surface area (Å²) in [4.78, 5) is 14.5. The molecule has 1 aliphatic rings. The predicted octanol–water partition coefficient (Wildman–Crippen LogP) is 3.16. The SMILES string of the molecule is Cc1ccccc1-n1c(SCCCC(=O)NCCN2CCOCC2)nnc1-c1ccco1. The highest BCUT2D eigenvalue weighted by molar-refractivity contribution is 7.99. The summed E-state index contributed by atoms with van der Waals surface area (Å²) >= 11 is 1.60. The van der Waals surface area contributed by atoms with Crippen molar-refractivity contribution in [2.45, 2.75) is 24.9 Å². The zero-order chi connectivity index (χ0) is 22.2. The van der Waals surface area contributed by atoms with E-state index in [-0.39, 0.29) is 5.91 Å². The molecule has 9 heteroatoms. The van der Waals surface area contributed by atoms with Crippen LogP contribution in [0.4, 0.5) is 0 Å². The minimum Gasteiger partial charge on any atom is -0.461 e. The highest BCUT2D eigenvalue weighted by Crippen LogP contribution is 2.30. The third-order valence-corrected chi connectivity index (χ3v) is 6.38. The van der Waals surface area contributed by atoms with E-state index in [9.17, 15) is 4.79 Å². The molecular weight excluding hydrogens is 426 g/mol. The van der Waals surface area contributed by atoms with Crippen LogP contribution in [-0.2, 0) is 9.53 Å². The molecule has 0 unspecified atom stereocenters. The van der Waals surface area contributed by atoms with Crippen molar-refractivity contribution in [3.63, 3.8) is 0 Å². The number of nitrogens with one attached hydrogen (secondary N) is 1. The number of thioether (sulfide) groups is 1. The van der Waals surface area contributed by atoms with E-state index in [4.69, 9.17) is 9.15 Å². The normalized spacial score (nSPS) is 14.5. The Labute approximate surface area is 192 Å². The van der Waals surface area contributed by atoms with Crippen LogP contribution in [0, 0.1) is 6.92 Å². The van der Waals surface area contributed by atoms with Gasteiger partial charge in [0.25, 0.3) is 0 Å². The lowest BCUT2D eigenvalue weighted by Crippen LogP contribution is -2.41. The smallest absolute Gasteiger partial charge is 0.220 e. The van der Waals surface area contributed by atoms with Crippen LogP contribution in [0.3, 0.4) is 0 Å². The molecule has 1 saturated heterocycles. The lowest BCUT2D eigenvalue weighted by molar-refractivity contribution is -0.121. The molecule has 0 aliphatic carbocycles. The second-order valence-electron chi connectivity index (χ2n) is 7.66. The summed E-state index contributed by atoms with van der Waals surface area (Å²) in [5.41, 5.74) is 2.15. The van der Waals surface area contributed by atoms with Gasteiger partial charge in [-0.25, -0.2) is 0 Å². The maximum absolute atomic E-state index is 12.2. The van der Waals surface area contributed by atoms with Gasteiger partial charge >= 0.3 is 0 Å². The Hall–Kier alpha value is -2.62. The fraction of sp³-hybridized carbons (Fsp3) is 0.435. The van der Waals surface area contributed by atoms with Gasteiger partial charge in [-0.1, -0.05) is 30.0 Å². The molecule has 0 saturated carbocycles. The molecular formula is C23H29N5O3S. The minimum atomic E-state index is 0.0931. The molecule has 1 aliphatic heterocycles. The third-order valence-electron chi connectivity index (χ3n) is 5.36. The Kier molecular flexibility index (Phi) is 7.97. The van der Waals surface area contributed by atoms with E-state index in [1.807, 2.05) is 28.8 Å². The van der Waals surface area contributed by atoms with E-state index in [2.05, 4.69) is 39.5 Å². The number of morpholine rings is 1. The minimum absolute atomic E-state index is 0.0931. The Morgan fingerprint density at radius 3 is 2.78 bits per heavy atom. The third kappa shape index (κ3) is 5.79. The molecule has 8 nitrogen and oxygen atoms in total. The number of hydrogen-bond donors (Lipinski definition) is 1. The summed E-state index contributed by atoms with van der Waals surface area (Å²) in [5, 5.41) is 12.6. The maximum atomic E-state index is 12.2. The number of aryl methyl sites for hydroxylation is 1. The lowest BCUT2D eigenvalue weighted by Gasteiger charge is -2.26. The molecule has 3 aromatic rings. The van der Waals surface area contributed by atoms with Gasteiger partial charge in [-0.05, 0) is 37.1 Å². The van der Waals surface area contributed by atoms with Crippen LogP contribution in [0.5, 0.6) is 0 Å². The van der Waals surface area contributed by atoms with Gasteiger partial charge in [-0.2, -0.15) is 0 Å². The van der Waals surface area contributed by atoms with E-state index in [0.717, 1.165) is 61.4 Å². The zero-order valence-electron chi connectivity index (χ0n) is 18.3. The van der Waals surface area contributed by atoms with E-state index in [1.165, 1.54) is 0 Å². The first kappa shape index (κ1) is 22.6. The molecule has 0 atom stereocenters. The molecule has 1 amide bonds. The zero-order valence-corrected chi connectivity index (χ0v) is 19.1. The Bertz CT molecular complexity index is 999. The second-order valence-corrected chi connectivity index (χ2v) is 8.72. The van der Waals surface area contributed by atoms with Crippen molar-refractivity contribution in [3.05, 3.63) is 48.2 Å². The first-order chi connectivity index (χ1) is 15.7. The van der Waals surface area contributed by atoms with Gasteiger partial charge in [0.05, 0.1) is 25.2 Å². The van der Waals surface area contributed by atoms with Crippen LogP contribution in [0.2, 0.25) is 0 Å². The molecule has 3 heterocycles. The van der Waals surface area contributed by atoms with Gasteiger partial charge in [0.15, 0.2) is 10.9 Å². The van der Waals surface area contributed by atoms with Crippen molar-refractivity contribution in [1.29, 1.82) is 0 Å². The molecule has 1 aromatic carbocycles. The number of furan rings is 1. The first-order valence-electron chi connectivity index (χ1n) is 11.0. The van der Waals surface area contributed by atoms with Crippen LogP contribution in [-0.4, -0.2) is 70.7 Å². The highest BCUT2D eigenvalue weighted by Gasteiger charge is 2.19. The maximum Gasteiger partial charge on any atom is 0.220 e. The van der Waals surface area contributed by atoms with Crippen LogP contribution >= 0.6 is 11.8 Å². The Morgan fingerprint density at radius 2 is 2.00 bits per heavy atom. The number of benzene rings is 1. The molecule has 0 spiro atoms. The van der Waals surface area contributed by atoms with E-state index >= 15 is 0 Å². The molecule has 170 valence electrons. The van der Waals surface area contributed by atoms with Crippen molar-refractivity contribution in [2.24, 2.45) is 0 Å². The summed E-state index contributed by atoms with van der Waals surface area (Å²) in [6, 6.07) is 11.9. The van der Waals surface area contributed by atoms with Gasteiger partial charge in [0.1, 0.15) is 0 Å². The van der Waals surface area contributed by atoms with Crippen molar-refractivity contribution in [1.82, 2.24) is 25.0 Å². The average molecular weight is 456 g/mol. The molecule has 1 fully saturated rings. The molecule has 0 radical (unpaired) electrons. The summed E-state index contributed by atoms with van der Waals surface area (Å²) in [6.45, 7) is 7.05. The molecule has 2 aromatic heterocycles. The van der Waals surface area contributed by atoms with Gasteiger partial charge in [-0.15, -0.1) is 10.2 Å².